The summed E-state index contributed by atoms with van der Waals surface area (Å²) in [7, 11) is 0. The van der Waals surface area contributed by atoms with Gasteiger partial charge in [-0.15, -0.1) is 0 Å². The fourth-order valence-corrected chi connectivity index (χ4v) is 3.55. The van der Waals surface area contributed by atoms with Crippen LogP contribution in [-0.4, -0.2) is 54.7 Å². The van der Waals surface area contributed by atoms with Crippen molar-refractivity contribution in [3.8, 4) is 11.5 Å². The molecule has 28 heavy (non-hydrogen) atoms. The number of carbonyl (C=O) groups excluding carboxylic acids is 1. The lowest BCUT2D eigenvalue weighted by Crippen LogP contribution is -2.52. The fraction of sp³-hybridized carbons (Fsp3) is 0.381. The number of carbonyl (C=O) groups is 1. The highest BCUT2D eigenvalue weighted by atomic mass is 19.1. The number of fused-ring (bicyclic) bond motifs is 1. The van der Waals surface area contributed by atoms with E-state index in [1.165, 1.54) is 17.7 Å². The number of amides is 1. The smallest absolute Gasteiger partial charge is 0.241 e. The SMILES string of the molecule is C[C@@H](C(=O)Nc1ccc(F)cc1)N1CCN(Cc2ccc3c(c2)OCO3)CC1. The number of halogens is 1. The molecule has 2 aromatic carbocycles. The van der Waals surface area contributed by atoms with Gasteiger partial charge in [0.05, 0.1) is 6.04 Å². The first-order chi connectivity index (χ1) is 13.6. The van der Waals surface area contributed by atoms with E-state index in [1.807, 2.05) is 19.1 Å². The van der Waals surface area contributed by atoms with Crippen LogP contribution in [0.4, 0.5) is 10.1 Å². The van der Waals surface area contributed by atoms with E-state index in [0.717, 1.165) is 44.2 Å². The van der Waals surface area contributed by atoms with Crippen LogP contribution in [0.15, 0.2) is 42.5 Å². The summed E-state index contributed by atoms with van der Waals surface area (Å²) >= 11 is 0. The quantitative estimate of drug-likeness (QED) is 0.858. The van der Waals surface area contributed by atoms with Crippen molar-refractivity contribution in [1.29, 1.82) is 0 Å². The van der Waals surface area contributed by atoms with Gasteiger partial charge in [0.1, 0.15) is 5.82 Å². The predicted molar refractivity (Wildman–Crippen MR) is 104 cm³/mol. The average Bonchev–Trinajstić information content (AvgIpc) is 3.17. The highest BCUT2D eigenvalue weighted by Crippen LogP contribution is 2.32. The summed E-state index contributed by atoms with van der Waals surface area (Å²) in [6.45, 7) is 6.47. The van der Waals surface area contributed by atoms with E-state index in [0.29, 0.717) is 5.69 Å². The van der Waals surface area contributed by atoms with E-state index in [9.17, 15) is 9.18 Å². The van der Waals surface area contributed by atoms with Gasteiger partial charge in [-0.05, 0) is 48.9 Å². The second-order valence-corrected chi connectivity index (χ2v) is 7.17. The Bertz CT molecular complexity index is 835. The number of hydrogen-bond donors (Lipinski definition) is 1. The van der Waals surface area contributed by atoms with Crippen LogP contribution in [0.3, 0.4) is 0 Å². The van der Waals surface area contributed by atoms with Crippen molar-refractivity contribution in [2.45, 2.75) is 19.5 Å². The van der Waals surface area contributed by atoms with Crippen molar-refractivity contribution in [3.63, 3.8) is 0 Å². The summed E-state index contributed by atoms with van der Waals surface area (Å²) in [6, 6.07) is 11.6. The average molecular weight is 385 g/mol. The van der Waals surface area contributed by atoms with Gasteiger partial charge in [0.15, 0.2) is 11.5 Å². The zero-order chi connectivity index (χ0) is 19.5. The number of anilines is 1. The van der Waals surface area contributed by atoms with Crippen LogP contribution in [0.2, 0.25) is 0 Å². The molecule has 1 saturated heterocycles. The molecular weight excluding hydrogens is 361 g/mol. The summed E-state index contributed by atoms with van der Waals surface area (Å²) in [6.07, 6.45) is 0. The van der Waals surface area contributed by atoms with Crippen LogP contribution in [-0.2, 0) is 11.3 Å². The highest BCUT2D eigenvalue weighted by Gasteiger charge is 2.26. The molecule has 0 saturated carbocycles. The molecule has 0 aliphatic carbocycles. The second-order valence-electron chi connectivity index (χ2n) is 7.17. The molecule has 2 aromatic rings. The Morgan fingerprint density at radius 3 is 2.54 bits per heavy atom. The Balaban J connectivity index is 1.27. The van der Waals surface area contributed by atoms with Gasteiger partial charge >= 0.3 is 0 Å². The van der Waals surface area contributed by atoms with Gasteiger partial charge in [-0.25, -0.2) is 4.39 Å². The normalized spacial score (nSPS) is 18.1. The highest BCUT2D eigenvalue weighted by molar-refractivity contribution is 5.94. The zero-order valence-corrected chi connectivity index (χ0v) is 15.9. The molecule has 1 amide bonds. The van der Waals surface area contributed by atoms with Gasteiger partial charge < -0.3 is 14.8 Å². The van der Waals surface area contributed by atoms with Gasteiger partial charge in [0.25, 0.3) is 0 Å². The molecule has 2 aliphatic heterocycles. The largest absolute Gasteiger partial charge is 0.454 e. The number of benzene rings is 2. The Morgan fingerprint density at radius 2 is 1.79 bits per heavy atom. The number of hydrogen-bond acceptors (Lipinski definition) is 5. The van der Waals surface area contributed by atoms with Gasteiger partial charge in [-0.2, -0.15) is 0 Å². The third-order valence-electron chi connectivity index (χ3n) is 5.29. The van der Waals surface area contributed by atoms with Crippen molar-refractivity contribution >= 4 is 11.6 Å². The maximum Gasteiger partial charge on any atom is 0.241 e. The minimum absolute atomic E-state index is 0.0733. The standard InChI is InChI=1S/C21H24FN3O3/c1-15(21(26)23-18-5-3-17(22)4-6-18)25-10-8-24(9-11-25)13-16-2-7-19-20(12-16)28-14-27-19/h2-7,12,15H,8-11,13-14H2,1H3,(H,23,26)/t15-/m0/s1. The Morgan fingerprint density at radius 1 is 1.07 bits per heavy atom. The lowest BCUT2D eigenvalue weighted by Gasteiger charge is -2.37. The first-order valence-corrected chi connectivity index (χ1v) is 9.50. The molecule has 1 atom stereocenters. The van der Waals surface area contributed by atoms with Crippen molar-refractivity contribution in [3.05, 3.63) is 53.8 Å². The number of piperazine rings is 1. The Labute approximate surface area is 163 Å². The summed E-state index contributed by atoms with van der Waals surface area (Å²) in [5.41, 5.74) is 1.81. The van der Waals surface area contributed by atoms with Crippen LogP contribution in [0.25, 0.3) is 0 Å². The third-order valence-corrected chi connectivity index (χ3v) is 5.29. The van der Waals surface area contributed by atoms with Gasteiger partial charge in [0, 0.05) is 38.4 Å². The van der Waals surface area contributed by atoms with Crippen molar-refractivity contribution in [2.24, 2.45) is 0 Å². The topological polar surface area (TPSA) is 54.0 Å². The second kappa shape index (κ2) is 8.16. The molecule has 1 fully saturated rings. The first-order valence-electron chi connectivity index (χ1n) is 9.50. The van der Waals surface area contributed by atoms with E-state index >= 15 is 0 Å². The summed E-state index contributed by atoms with van der Waals surface area (Å²) in [4.78, 5) is 17.0. The van der Waals surface area contributed by atoms with Crippen LogP contribution < -0.4 is 14.8 Å². The molecule has 148 valence electrons. The molecule has 0 unspecified atom stereocenters. The molecule has 2 heterocycles. The van der Waals surface area contributed by atoms with Crippen molar-refractivity contribution < 1.29 is 18.7 Å². The fourth-order valence-electron chi connectivity index (χ4n) is 3.55. The van der Waals surface area contributed by atoms with E-state index in [2.05, 4.69) is 21.2 Å². The van der Waals surface area contributed by atoms with Gasteiger partial charge in [0.2, 0.25) is 12.7 Å². The molecule has 2 aliphatic rings. The number of nitrogens with zero attached hydrogens (tertiary/aromatic N) is 2. The van der Waals surface area contributed by atoms with E-state index in [1.54, 1.807) is 12.1 Å². The van der Waals surface area contributed by atoms with Crippen molar-refractivity contribution in [2.75, 3.05) is 38.3 Å². The molecule has 7 heteroatoms. The Hall–Kier alpha value is -2.64. The number of nitrogens with one attached hydrogen (secondary N) is 1. The summed E-state index contributed by atoms with van der Waals surface area (Å²) in [5, 5.41) is 2.85. The monoisotopic (exact) mass is 385 g/mol. The minimum atomic E-state index is -0.315. The number of rotatable bonds is 5. The van der Waals surface area contributed by atoms with E-state index in [4.69, 9.17) is 9.47 Å². The molecule has 0 spiro atoms. The molecule has 0 radical (unpaired) electrons. The Kier molecular flexibility index (Phi) is 5.45. The molecule has 1 N–H and O–H groups in total. The summed E-state index contributed by atoms with van der Waals surface area (Å²) in [5.74, 6) is 1.22. The van der Waals surface area contributed by atoms with Crippen LogP contribution >= 0.6 is 0 Å². The lowest BCUT2D eigenvalue weighted by molar-refractivity contribution is -0.121. The molecule has 6 nitrogen and oxygen atoms in total. The first kappa shape index (κ1) is 18.7. The summed E-state index contributed by atoms with van der Waals surface area (Å²) < 4.78 is 23.8. The van der Waals surface area contributed by atoms with Crippen LogP contribution in [0, 0.1) is 5.82 Å². The van der Waals surface area contributed by atoms with Gasteiger partial charge in [-0.3, -0.25) is 14.6 Å². The zero-order valence-electron chi connectivity index (χ0n) is 15.9. The van der Waals surface area contributed by atoms with E-state index < -0.39 is 0 Å². The molecule has 0 bridgehead atoms. The molecule has 0 aromatic heterocycles. The molecular formula is C21H24FN3O3. The van der Waals surface area contributed by atoms with Gasteiger partial charge in [-0.1, -0.05) is 6.07 Å². The maximum atomic E-state index is 13.0. The van der Waals surface area contributed by atoms with Crippen LogP contribution in [0.5, 0.6) is 11.5 Å². The predicted octanol–water partition coefficient (Wildman–Crippen LogP) is 2.70. The van der Waals surface area contributed by atoms with E-state index in [-0.39, 0.29) is 24.6 Å². The van der Waals surface area contributed by atoms with Crippen molar-refractivity contribution in [1.82, 2.24) is 9.80 Å². The molecule has 4 rings (SSSR count). The maximum absolute atomic E-state index is 13.0. The third kappa shape index (κ3) is 4.26. The number of ether oxygens (including phenoxy) is 2. The minimum Gasteiger partial charge on any atom is -0.454 e. The lowest BCUT2D eigenvalue weighted by atomic mass is 10.1. The van der Waals surface area contributed by atoms with Crippen LogP contribution in [0.1, 0.15) is 12.5 Å².